The summed E-state index contributed by atoms with van der Waals surface area (Å²) in [4.78, 5) is 23.2. The van der Waals surface area contributed by atoms with Gasteiger partial charge in [0.05, 0.1) is 16.8 Å². The van der Waals surface area contributed by atoms with Gasteiger partial charge in [-0.25, -0.2) is 13.8 Å². The Balaban J connectivity index is 1.83. The van der Waals surface area contributed by atoms with Gasteiger partial charge in [-0.15, -0.1) is 0 Å². The third kappa shape index (κ3) is 5.09. The van der Waals surface area contributed by atoms with Gasteiger partial charge in [0.2, 0.25) is 5.92 Å². The van der Waals surface area contributed by atoms with Crippen molar-refractivity contribution in [3.63, 3.8) is 0 Å². The molecule has 0 bridgehead atoms. The lowest BCUT2D eigenvalue weighted by molar-refractivity contribution is -0.139. The minimum atomic E-state index is -4.69. The lowest BCUT2D eigenvalue weighted by Crippen LogP contribution is -2.31. The molecule has 1 saturated carbocycles. The molecule has 4 rings (SSSR count). The van der Waals surface area contributed by atoms with Gasteiger partial charge in [-0.2, -0.15) is 13.2 Å². The number of hydrogen-bond acceptors (Lipinski definition) is 4. The van der Waals surface area contributed by atoms with Gasteiger partial charge < -0.3 is 10.2 Å². The fourth-order valence-corrected chi connectivity index (χ4v) is 4.31. The summed E-state index contributed by atoms with van der Waals surface area (Å²) in [5.41, 5.74) is -0.454. The molecule has 1 amide bonds. The molecule has 5 nitrogen and oxygen atoms in total. The van der Waals surface area contributed by atoms with Crippen molar-refractivity contribution in [2.45, 2.75) is 64.0 Å². The van der Waals surface area contributed by atoms with E-state index >= 15 is 0 Å². The molecule has 1 saturated heterocycles. The van der Waals surface area contributed by atoms with E-state index in [0.29, 0.717) is 24.2 Å². The molecule has 3 heterocycles. The molecule has 1 aliphatic heterocycles. The number of halogens is 5. The molecule has 33 heavy (non-hydrogen) atoms. The number of carbonyl (C=O) groups excluding carboxylic acids is 1. The maximum atomic E-state index is 14.1. The van der Waals surface area contributed by atoms with Crippen molar-refractivity contribution in [3.05, 3.63) is 46.4 Å². The zero-order valence-electron chi connectivity index (χ0n) is 18.4. The summed E-state index contributed by atoms with van der Waals surface area (Å²) in [7, 11) is 0. The molecule has 0 unspecified atom stereocenters. The Labute approximate surface area is 188 Å². The van der Waals surface area contributed by atoms with Crippen molar-refractivity contribution in [2.75, 3.05) is 23.3 Å². The van der Waals surface area contributed by atoms with Crippen molar-refractivity contribution in [2.24, 2.45) is 0 Å². The number of amides is 1. The van der Waals surface area contributed by atoms with Gasteiger partial charge in [-0.05, 0) is 50.8 Å². The summed E-state index contributed by atoms with van der Waals surface area (Å²) in [5, 5.41) is 2.63. The lowest BCUT2D eigenvalue weighted by Gasteiger charge is -2.28. The molecular weight excluding hydrogens is 443 g/mol. The van der Waals surface area contributed by atoms with Gasteiger partial charge in [0, 0.05) is 49.4 Å². The van der Waals surface area contributed by atoms with Crippen LogP contribution in [0.25, 0.3) is 0 Å². The van der Waals surface area contributed by atoms with E-state index in [0.717, 1.165) is 0 Å². The van der Waals surface area contributed by atoms with Crippen molar-refractivity contribution in [1.29, 1.82) is 0 Å². The van der Waals surface area contributed by atoms with Crippen LogP contribution in [0.5, 0.6) is 0 Å². The van der Waals surface area contributed by atoms with Crippen LogP contribution in [-0.2, 0) is 6.18 Å². The lowest BCUT2D eigenvalue weighted by atomic mass is 9.97. The van der Waals surface area contributed by atoms with Crippen LogP contribution in [0.3, 0.4) is 0 Å². The van der Waals surface area contributed by atoms with Crippen LogP contribution in [0.4, 0.5) is 33.5 Å². The molecular formula is C23H25F5N4O. The van der Waals surface area contributed by atoms with Crippen LogP contribution in [0, 0.1) is 13.8 Å². The second-order valence-corrected chi connectivity index (χ2v) is 8.80. The summed E-state index contributed by atoms with van der Waals surface area (Å²) in [5.74, 6) is -3.91. The van der Waals surface area contributed by atoms with E-state index in [2.05, 4.69) is 15.3 Å². The van der Waals surface area contributed by atoms with Crippen molar-refractivity contribution >= 4 is 17.4 Å². The number of nitrogens with zero attached hydrogens (tertiary/aromatic N) is 3. The minimum absolute atomic E-state index is 0.0448. The number of pyridine rings is 2. The maximum absolute atomic E-state index is 14.1. The Morgan fingerprint density at radius 3 is 2.55 bits per heavy atom. The largest absolute Gasteiger partial charge is 0.418 e. The number of rotatable bonds is 4. The van der Waals surface area contributed by atoms with E-state index in [4.69, 9.17) is 0 Å². The zero-order chi connectivity index (χ0) is 24.0. The number of aromatic nitrogens is 2. The molecule has 10 heteroatoms. The highest BCUT2D eigenvalue weighted by atomic mass is 19.4. The van der Waals surface area contributed by atoms with Crippen LogP contribution in [0.2, 0.25) is 0 Å². The quantitative estimate of drug-likeness (QED) is 0.571. The molecule has 0 atom stereocenters. The van der Waals surface area contributed by atoms with Gasteiger partial charge in [-0.3, -0.25) is 9.78 Å². The van der Waals surface area contributed by atoms with Crippen molar-refractivity contribution in [3.8, 4) is 0 Å². The highest BCUT2D eigenvalue weighted by molar-refractivity contribution is 6.09. The number of nitrogens with one attached hydrogen (secondary N) is 1. The van der Waals surface area contributed by atoms with E-state index in [-0.39, 0.29) is 54.5 Å². The predicted octanol–water partition coefficient (Wildman–Crippen LogP) is 5.87. The van der Waals surface area contributed by atoms with E-state index in [1.165, 1.54) is 24.1 Å². The second-order valence-electron chi connectivity index (χ2n) is 8.80. The van der Waals surface area contributed by atoms with Crippen LogP contribution in [0.1, 0.15) is 70.9 Å². The van der Waals surface area contributed by atoms with Gasteiger partial charge in [-0.1, -0.05) is 0 Å². The van der Waals surface area contributed by atoms with Gasteiger partial charge >= 0.3 is 6.18 Å². The average Bonchev–Trinajstić information content (AvgIpc) is 3.54. The smallest absolute Gasteiger partial charge is 0.356 e. The molecule has 0 aromatic carbocycles. The molecule has 178 valence electrons. The fraction of sp³-hybridized carbons (Fsp3) is 0.522. The monoisotopic (exact) mass is 468 g/mol. The van der Waals surface area contributed by atoms with Crippen molar-refractivity contribution in [1.82, 2.24) is 9.97 Å². The second kappa shape index (κ2) is 8.53. The topological polar surface area (TPSA) is 58.1 Å². The highest BCUT2D eigenvalue weighted by Gasteiger charge is 2.44. The SMILES string of the molecule is Cc1cc(NC(=O)c2c(N3CCCC(F)(F)CC3)nc(C3CC3)c(C(F)(F)F)c2C)ccn1. The molecule has 2 fully saturated rings. The molecule has 2 aromatic heterocycles. The average molecular weight is 468 g/mol. The molecule has 0 radical (unpaired) electrons. The summed E-state index contributed by atoms with van der Waals surface area (Å²) < 4.78 is 70.2. The van der Waals surface area contributed by atoms with Gasteiger partial charge in [0.25, 0.3) is 5.91 Å². The first-order chi connectivity index (χ1) is 15.5. The first kappa shape index (κ1) is 23.4. The highest BCUT2D eigenvalue weighted by Crippen LogP contribution is 2.48. The molecule has 0 spiro atoms. The first-order valence-corrected chi connectivity index (χ1v) is 10.9. The van der Waals surface area contributed by atoms with E-state index < -0.39 is 30.0 Å². The minimum Gasteiger partial charge on any atom is -0.356 e. The summed E-state index contributed by atoms with van der Waals surface area (Å²) in [6.07, 6.45) is -2.66. The molecule has 2 aliphatic rings. The Hall–Kier alpha value is -2.78. The zero-order valence-corrected chi connectivity index (χ0v) is 18.4. The summed E-state index contributed by atoms with van der Waals surface area (Å²) >= 11 is 0. The summed E-state index contributed by atoms with van der Waals surface area (Å²) in [6, 6.07) is 3.12. The number of alkyl halides is 5. The van der Waals surface area contributed by atoms with Gasteiger partial charge in [0.15, 0.2) is 0 Å². The number of aryl methyl sites for hydroxylation is 1. The third-order valence-corrected chi connectivity index (χ3v) is 6.10. The maximum Gasteiger partial charge on any atom is 0.418 e. The molecule has 2 aromatic rings. The van der Waals surface area contributed by atoms with E-state index in [9.17, 15) is 26.7 Å². The third-order valence-electron chi connectivity index (χ3n) is 6.10. The Morgan fingerprint density at radius 2 is 1.91 bits per heavy atom. The van der Waals surface area contributed by atoms with Crippen LogP contribution < -0.4 is 10.2 Å². The van der Waals surface area contributed by atoms with E-state index in [1.54, 1.807) is 13.0 Å². The van der Waals surface area contributed by atoms with Gasteiger partial charge in [0.1, 0.15) is 5.82 Å². The first-order valence-electron chi connectivity index (χ1n) is 10.9. The van der Waals surface area contributed by atoms with Crippen LogP contribution >= 0.6 is 0 Å². The Bertz CT molecular complexity index is 1070. The van der Waals surface area contributed by atoms with Crippen molar-refractivity contribution < 1.29 is 26.7 Å². The normalized spacial score (nSPS) is 18.7. The van der Waals surface area contributed by atoms with Crippen LogP contribution in [-0.4, -0.2) is 34.9 Å². The summed E-state index contributed by atoms with van der Waals surface area (Å²) in [6.45, 7) is 3.08. The number of hydrogen-bond donors (Lipinski definition) is 1. The fourth-order valence-electron chi connectivity index (χ4n) is 4.31. The number of carbonyl (C=O) groups is 1. The van der Waals surface area contributed by atoms with Crippen LogP contribution in [0.15, 0.2) is 18.3 Å². The van der Waals surface area contributed by atoms with E-state index in [1.807, 2.05) is 0 Å². The Kier molecular flexibility index (Phi) is 6.05. The molecule has 1 aliphatic carbocycles. The predicted molar refractivity (Wildman–Crippen MR) is 114 cm³/mol. The molecule has 1 N–H and O–H groups in total. The number of anilines is 2. The standard InChI is InChI=1S/C23H25F5N4O/c1-13-12-16(6-9-29-13)30-21(33)17-14(2)18(23(26,27)28)19(15-4-5-15)31-20(17)32-10-3-7-22(24,25)8-11-32/h6,9,12,15H,3-5,7-8,10-11H2,1-2H3,(H,29,30,33). The Morgan fingerprint density at radius 1 is 1.18 bits per heavy atom.